The number of amides is 1. The van der Waals surface area contributed by atoms with Crippen LogP contribution in [0, 0.1) is 6.92 Å². The van der Waals surface area contributed by atoms with E-state index in [1.165, 1.54) is 6.20 Å². The first kappa shape index (κ1) is 18.5. The number of carbonyl (C=O) groups excluding carboxylic acids is 1. The van der Waals surface area contributed by atoms with Gasteiger partial charge in [0.2, 0.25) is 5.91 Å². The van der Waals surface area contributed by atoms with Gasteiger partial charge in [0.15, 0.2) is 0 Å². The Morgan fingerprint density at radius 2 is 1.89 bits per heavy atom. The molecule has 1 aliphatic heterocycles. The smallest absolute Gasteiger partial charge is 0.339 e. The van der Waals surface area contributed by atoms with Crippen LogP contribution in [0.4, 0.5) is 0 Å². The lowest BCUT2D eigenvalue weighted by Crippen LogP contribution is -2.44. The molecule has 148 valence electrons. The second-order valence-corrected chi connectivity index (χ2v) is 7.70. The molecule has 28 heavy (non-hydrogen) atoms. The first-order chi connectivity index (χ1) is 13.5. The van der Waals surface area contributed by atoms with Crippen molar-refractivity contribution in [3.63, 3.8) is 0 Å². The molecule has 2 fully saturated rings. The summed E-state index contributed by atoms with van der Waals surface area (Å²) in [5.41, 5.74) is 1.45. The lowest BCUT2D eigenvalue weighted by Gasteiger charge is -2.35. The van der Waals surface area contributed by atoms with Crippen LogP contribution in [0.3, 0.4) is 0 Å². The van der Waals surface area contributed by atoms with Crippen LogP contribution in [0.25, 0.3) is 0 Å². The molecular weight excluding hydrogens is 358 g/mol. The van der Waals surface area contributed by atoms with Crippen molar-refractivity contribution in [2.24, 2.45) is 0 Å². The van der Waals surface area contributed by atoms with Crippen LogP contribution in [0.15, 0.2) is 30.5 Å². The molecule has 1 N–H and O–H groups in total. The maximum absolute atomic E-state index is 13.3. The number of aromatic carboxylic acids is 1. The van der Waals surface area contributed by atoms with E-state index < -0.39 is 11.4 Å². The Hall–Kier alpha value is -2.83. The monoisotopic (exact) mass is 383 g/mol. The number of aromatic nitrogens is 2. The molecular formula is C21H25N3O4. The molecule has 1 aliphatic carbocycles. The van der Waals surface area contributed by atoms with E-state index in [0.29, 0.717) is 18.8 Å². The Balaban J connectivity index is 1.47. The Morgan fingerprint density at radius 3 is 2.46 bits per heavy atom. The molecule has 4 rings (SSSR count). The summed E-state index contributed by atoms with van der Waals surface area (Å²) in [7, 11) is 1.64. The van der Waals surface area contributed by atoms with E-state index in [-0.39, 0.29) is 17.5 Å². The van der Waals surface area contributed by atoms with E-state index in [2.05, 4.69) is 5.10 Å². The number of benzene rings is 1. The number of likely N-dealkylation sites (tertiary alicyclic amines) is 1. The van der Waals surface area contributed by atoms with Crippen molar-refractivity contribution >= 4 is 11.9 Å². The average molecular weight is 383 g/mol. The van der Waals surface area contributed by atoms with Crippen molar-refractivity contribution in [1.82, 2.24) is 14.7 Å². The Bertz CT molecular complexity index is 908. The van der Waals surface area contributed by atoms with E-state index in [0.717, 1.165) is 37.0 Å². The maximum Gasteiger partial charge on any atom is 0.339 e. The topological polar surface area (TPSA) is 84.7 Å². The quantitative estimate of drug-likeness (QED) is 0.858. The van der Waals surface area contributed by atoms with Gasteiger partial charge in [-0.2, -0.15) is 5.10 Å². The lowest BCUT2D eigenvalue weighted by molar-refractivity contribution is -0.135. The van der Waals surface area contributed by atoms with Gasteiger partial charge < -0.3 is 14.7 Å². The van der Waals surface area contributed by atoms with Crippen molar-refractivity contribution < 1.29 is 19.4 Å². The number of carboxylic acids is 1. The molecule has 2 aliphatic rings. The van der Waals surface area contributed by atoms with E-state index in [9.17, 15) is 14.7 Å². The third kappa shape index (κ3) is 2.95. The first-order valence-electron chi connectivity index (χ1n) is 9.68. The molecule has 1 aromatic heterocycles. The van der Waals surface area contributed by atoms with E-state index >= 15 is 0 Å². The second kappa shape index (κ2) is 6.96. The van der Waals surface area contributed by atoms with Crippen molar-refractivity contribution in [3.05, 3.63) is 47.3 Å². The highest BCUT2D eigenvalue weighted by atomic mass is 16.5. The van der Waals surface area contributed by atoms with Gasteiger partial charge in [0, 0.05) is 18.7 Å². The number of para-hydroxylation sites is 1. The zero-order valence-corrected chi connectivity index (χ0v) is 16.2. The van der Waals surface area contributed by atoms with Crippen molar-refractivity contribution in [2.75, 3.05) is 20.2 Å². The molecule has 2 heterocycles. The molecule has 1 amide bonds. The standard InChI is InChI=1S/C21H25N3O4/c1-14-16(19(25)26)13-22-24(14)15-7-11-23(12-8-15)20(27)21(9-10-21)17-5-3-4-6-18(17)28-2/h3-6,13,15H,7-12H2,1-2H3,(H,25,26). The molecule has 7 heteroatoms. The van der Waals surface area contributed by atoms with Gasteiger partial charge in [-0.15, -0.1) is 0 Å². The first-order valence-corrected chi connectivity index (χ1v) is 9.68. The van der Waals surface area contributed by atoms with Crippen LogP contribution >= 0.6 is 0 Å². The van der Waals surface area contributed by atoms with Gasteiger partial charge in [0.1, 0.15) is 11.3 Å². The largest absolute Gasteiger partial charge is 0.496 e. The molecule has 0 bridgehead atoms. The highest BCUT2D eigenvalue weighted by Crippen LogP contribution is 2.52. The van der Waals surface area contributed by atoms with Gasteiger partial charge in [-0.05, 0) is 38.7 Å². The molecule has 0 unspecified atom stereocenters. The third-order valence-electron chi connectivity index (χ3n) is 6.15. The third-order valence-corrected chi connectivity index (χ3v) is 6.15. The van der Waals surface area contributed by atoms with Crippen LogP contribution in [-0.2, 0) is 10.2 Å². The van der Waals surface area contributed by atoms with Crippen LogP contribution in [0.5, 0.6) is 5.75 Å². The molecule has 0 spiro atoms. The summed E-state index contributed by atoms with van der Waals surface area (Å²) in [6.45, 7) is 3.10. The summed E-state index contributed by atoms with van der Waals surface area (Å²) >= 11 is 0. The number of hydrogen-bond acceptors (Lipinski definition) is 4. The van der Waals surface area contributed by atoms with Gasteiger partial charge >= 0.3 is 5.97 Å². The molecule has 0 atom stereocenters. The SMILES string of the molecule is COc1ccccc1C1(C(=O)N2CCC(n3ncc(C(=O)O)c3C)CC2)CC1. The fraction of sp³-hybridized carbons (Fsp3) is 0.476. The average Bonchev–Trinajstić information content (AvgIpc) is 3.43. The number of ether oxygens (including phenoxy) is 1. The normalized spacial score (nSPS) is 18.7. The van der Waals surface area contributed by atoms with Gasteiger partial charge in [-0.25, -0.2) is 4.79 Å². The van der Waals surface area contributed by atoms with Crippen LogP contribution in [0.1, 0.15) is 53.3 Å². The summed E-state index contributed by atoms with van der Waals surface area (Å²) in [6, 6.07) is 7.91. The summed E-state index contributed by atoms with van der Waals surface area (Å²) in [5, 5.41) is 13.5. The van der Waals surface area contributed by atoms with Crippen LogP contribution in [0.2, 0.25) is 0 Å². The van der Waals surface area contributed by atoms with E-state index in [1.807, 2.05) is 29.2 Å². The van der Waals surface area contributed by atoms with E-state index in [1.54, 1.807) is 18.7 Å². The molecule has 0 radical (unpaired) electrons. The summed E-state index contributed by atoms with van der Waals surface area (Å²) in [6.07, 6.45) is 4.67. The van der Waals surface area contributed by atoms with Crippen LogP contribution in [-0.4, -0.2) is 51.9 Å². The van der Waals surface area contributed by atoms with Gasteiger partial charge in [0.05, 0.1) is 30.5 Å². The highest BCUT2D eigenvalue weighted by Gasteiger charge is 2.54. The minimum Gasteiger partial charge on any atom is -0.496 e. The molecule has 1 aromatic carbocycles. The predicted molar refractivity (Wildman–Crippen MR) is 103 cm³/mol. The summed E-state index contributed by atoms with van der Waals surface area (Å²) in [5.74, 6) is -0.000637. The molecule has 7 nitrogen and oxygen atoms in total. The number of nitrogens with zero attached hydrogens (tertiary/aromatic N) is 3. The zero-order valence-electron chi connectivity index (χ0n) is 16.2. The summed E-state index contributed by atoms with van der Waals surface area (Å²) < 4.78 is 7.29. The molecule has 1 saturated carbocycles. The Labute approximate surface area is 163 Å². The number of carboxylic acid groups (broad SMARTS) is 1. The fourth-order valence-electron chi connectivity index (χ4n) is 4.38. The number of carbonyl (C=O) groups is 2. The molecule has 1 saturated heterocycles. The van der Waals surface area contributed by atoms with Crippen LogP contribution < -0.4 is 4.74 Å². The Kier molecular flexibility index (Phi) is 4.61. The van der Waals surface area contributed by atoms with Gasteiger partial charge in [-0.3, -0.25) is 9.48 Å². The second-order valence-electron chi connectivity index (χ2n) is 7.70. The van der Waals surface area contributed by atoms with Crippen molar-refractivity contribution in [3.8, 4) is 5.75 Å². The van der Waals surface area contributed by atoms with Crippen molar-refractivity contribution in [2.45, 2.75) is 44.1 Å². The fourth-order valence-corrected chi connectivity index (χ4v) is 4.38. The zero-order chi connectivity index (χ0) is 19.9. The number of piperidine rings is 1. The number of hydrogen-bond donors (Lipinski definition) is 1. The number of rotatable bonds is 5. The Morgan fingerprint density at radius 1 is 1.21 bits per heavy atom. The number of methoxy groups -OCH3 is 1. The minimum absolute atomic E-state index is 0.124. The maximum atomic E-state index is 13.3. The van der Waals surface area contributed by atoms with Gasteiger partial charge in [0.25, 0.3) is 0 Å². The minimum atomic E-state index is -0.955. The summed E-state index contributed by atoms with van der Waals surface area (Å²) in [4.78, 5) is 26.5. The highest BCUT2D eigenvalue weighted by molar-refractivity contribution is 5.92. The van der Waals surface area contributed by atoms with Crippen molar-refractivity contribution in [1.29, 1.82) is 0 Å². The van der Waals surface area contributed by atoms with Gasteiger partial charge in [-0.1, -0.05) is 18.2 Å². The lowest BCUT2D eigenvalue weighted by atomic mass is 9.92. The predicted octanol–water partition coefficient (Wildman–Crippen LogP) is 2.79. The van der Waals surface area contributed by atoms with E-state index in [4.69, 9.17) is 4.74 Å². The molecule has 2 aromatic rings.